The zero-order chi connectivity index (χ0) is 21.8. The monoisotopic (exact) mass is 471 g/mol. The number of anilines is 1. The normalized spacial score (nSPS) is 15.8. The molecule has 2 heterocycles. The van der Waals surface area contributed by atoms with Crippen LogP contribution in [0, 0.1) is 0 Å². The van der Waals surface area contributed by atoms with Gasteiger partial charge in [-0.15, -0.1) is 11.3 Å². The maximum absolute atomic E-state index is 12.8. The molecule has 1 aromatic heterocycles. The van der Waals surface area contributed by atoms with Crippen LogP contribution in [-0.4, -0.2) is 52.9 Å². The van der Waals surface area contributed by atoms with Crippen molar-refractivity contribution in [3.05, 3.63) is 46.2 Å². The first-order valence-corrected chi connectivity index (χ1v) is 13.7. The SMILES string of the molecule is CS(=O)(=O)NCCc1ccc(C(=O)Nc2cccc(S(=O)(=O)N3CCCCC3)c2)s1. The van der Waals surface area contributed by atoms with Crippen LogP contribution in [0.25, 0.3) is 0 Å². The fourth-order valence-electron chi connectivity index (χ4n) is 3.18. The quantitative estimate of drug-likeness (QED) is 0.613. The third-order valence-corrected chi connectivity index (χ3v) is 8.43. The first kappa shape index (κ1) is 22.9. The average molecular weight is 472 g/mol. The molecule has 11 heteroatoms. The Kier molecular flexibility index (Phi) is 7.30. The van der Waals surface area contributed by atoms with Gasteiger partial charge in [0.25, 0.3) is 5.91 Å². The van der Waals surface area contributed by atoms with Crippen LogP contribution < -0.4 is 10.0 Å². The van der Waals surface area contributed by atoms with Crippen molar-refractivity contribution in [2.24, 2.45) is 0 Å². The van der Waals surface area contributed by atoms with Crippen LogP contribution in [0.1, 0.15) is 33.8 Å². The predicted molar refractivity (Wildman–Crippen MR) is 118 cm³/mol. The number of sulfonamides is 2. The third-order valence-electron chi connectivity index (χ3n) is 4.67. The van der Waals surface area contributed by atoms with E-state index >= 15 is 0 Å². The molecule has 30 heavy (non-hydrogen) atoms. The van der Waals surface area contributed by atoms with Crippen LogP contribution in [0.2, 0.25) is 0 Å². The molecule has 0 unspecified atom stereocenters. The maximum atomic E-state index is 12.8. The highest BCUT2D eigenvalue weighted by Crippen LogP contribution is 2.24. The van der Waals surface area contributed by atoms with E-state index in [-0.39, 0.29) is 17.3 Å². The molecule has 2 aromatic rings. The molecular weight excluding hydrogens is 446 g/mol. The number of thiophene rings is 1. The Morgan fingerprint density at radius 2 is 1.80 bits per heavy atom. The van der Waals surface area contributed by atoms with Crippen LogP contribution in [-0.2, 0) is 26.5 Å². The Balaban J connectivity index is 1.65. The maximum Gasteiger partial charge on any atom is 0.265 e. The Hall–Kier alpha value is -1.79. The molecule has 1 aliphatic rings. The lowest BCUT2D eigenvalue weighted by Gasteiger charge is -2.26. The van der Waals surface area contributed by atoms with E-state index in [9.17, 15) is 21.6 Å². The molecule has 0 spiro atoms. The number of nitrogens with one attached hydrogen (secondary N) is 2. The summed E-state index contributed by atoms with van der Waals surface area (Å²) < 4.78 is 51.8. The molecule has 1 saturated heterocycles. The van der Waals surface area contributed by atoms with E-state index in [1.54, 1.807) is 24.3 Å². The third kappa shape index (κ3) is 6.11. The summed E-state index contributed by atoms with van der Waals surface area (Å²) in [5.74, 6) is -0.338. The second-order valence-electron chi connectivity index (χ2n) is 7.13. The Morgan fingerprint density at radius 1 is 1.07 bits per heavy atom. The van der Waals surface area contributed by atoms with Crippen molar-refractivity contribution in [3.8, 4) is 0 Å². The molecule has 0 aliphatic carbocycles. The number of piperidine rings is 1. The summed E-state index contributed by atoms with van der Waals surface area (Å²) >= 11 is 1.27. The molecule has 1 aliphatic heterocycles. The molecule has 0 saturated carbocycles. The number of hydrogen-bond donors (Lipinski definition) is 2. The first-order valence-electron chi connectivity index (χ1n) is 9.60. The van der Waals surface area contributed by atoms with Crippen molar-refractivity contribution in [3.63, 3.8) is 0 Å². The van der Waals surface area contributed by atoms with Gasteiger partial charge in [0.2, 0.25) is 20.0 Å². The molecule has 3 rings (SSSR count). The second kappa shape index (κ2) is 9.56. The van der Waals surface area contributed by atoms with Crippen molar-refractivity contribution in [1.29, 1.82) is 0 Å². The zero-order valence-corrected chi connectivity index (χ0v) is 19.1. The summed E-state index contributed by atoms with van der Waals surface area (Å²) in [4.78, 5) is 14.1. The van der Waals surface area contributed by atoms with Gasteiger partial charge < -0.3 is 5.32 Å². The Bertz CT molecular complexity index is 1100. The molecule has 0 atom stereocenters. The molecule has 8 nitrogen and oxygen atoms in total. The zero-order valence-electron chi connectivity index (χ0n) is 16.6. The van der Waals surface area contributed by atoms with Gasteiger partial charge in [-0.3, -0.25) is 4.79 Å². The van der Waals surface area contributed by atoms with Crippen molar-refractivity contribution in [2.75, 3.05) is 31.2 Å². The number of benzene rings is 1. The number of amides is 1. The lowest BCUT2D eigenvalue weighted by Crippen LogP contribution is -2.35. The number of hydrogen-bond acceptors (Lipinski definition) is 6. The molecule has 1 fully saturated rings. The highest BCUT2D eigenvalue weighted by molar-refractivity contribution is 7.89. The van der Waals surface area contributed by atoms with Gasteiger partial charge in [-0.05, 0) is 49.6 Å². The van der Waals surface area contributed by atoms with E-state index in [1.165, 1.54) is 27.8 Å². The first-order chi connectivity index (χ1) is 14.1. The summed E-state index contributed by atoms with van der Waals surface area (Å²) in [5.41, 5.74) is 0.409. The van der Waals surface area contributed by atoms with Crippen LogP contribution in [0.3, 0.4) is 0 Å². The highest BCUT2D eigenvalue weighted by atomic mass is 32.2. The minimum Gasteiger partial charge on any atom is -0.321 e. The fourth-order valence-corrected chi connectivity index (χ4v) is 6.11. The topological polar surface area (TPSA) is 113 Å². The highest BCUT2D eigenvalue weighted by Gasteiger charge is 2.26. The van der Waals surface area contributed by atoms with Gasteiger partial charge in [0, 0.05) is 30.2 Å². The smallest absolute Gasteiger partial charge is 0.265 e. The summed E-state index contributed by atoms with van der Waals surface area (Å²) in [6.45, 7) is 1.30. The van der Waals surface area contributed by atoms with Crippen LogP contribution in [0.15, 0.2) is 41.3 Å². The van der Waals surface area contributed by atoms with Gasteiger partial charge in [-0.2, -0.15) is 4.31 Å². The molecule has 1 aromatic carbocycles. The van der Waals surface area contributed by atoms with E-state index in [0.29, 0.717) is 30.1 Å². The molecule has 0 radical (unpaired) electrons. The summed E-state index contributed by atoms with van der Waals surface area (Å²) in [5, 5.41) is 2.74. The molecule has 2 N–H and O–H groups in total. The summed E-state index contributed by atoms with van der Waals surface area (Å²) in [6.07, 6.45) is 4.33. The summed E-state index contributed by atoms with van der Waals surface area (Å²) in [6, 6.07) is 9.73. The molecule has 1 amide bonds. The minimum absolute atomic E-state index is 0.168. The van der Waals surface area contributed by atoms with Crippen molar-refractivity contribution in [2.45, 2.75) is 30.6 Å². The molecule has 164 valence electrons. The lowest BCUT2D eigenvalue weighted by atomic mass is 10.2. The van der Waals surface area contributed by atoms with E-state index in [0.717, 1.165) is 30.4 Å². The lowest BCUT2D eigenvalue weighted by molar-refractivity contribution is 0.103. The van der Waals surface area contributed by atoms with Crippen molar-refractivity contribution in [1.82, 2.24) is 9.03 Å². The molecule has 0 bridgehead atoms. The van der Waals surface area contributed by atoms with Gasteiger partial charge >= 0.3 is 0 Å². The largest absolute Gasteiger partial charge is 0.321 e. The van der Waals surface area contributed by atoms with Crippen LogP contribution in [0.4, 0.5) is 5.69 Å². The average Bonchev–Trinajstić information content (AvgIpc) is 3.17. The number of rotatable bonds is 8. The van der Waals surface area contributed by atoms with Gasteiger partial charge in [-0.25, -0.2) is 21.6 Å². The van der Waals surface area contributed by atoms with Gasteiger partial charge in [-0.1, -0.05) is 12.5 Å². The van der Waals surface area contributed by atoms with Crippen LogP contribution in [0.5, 0.6) is 0 Å². The van der Waals surface area contributed by atoms with Gasteiger partial charge in [0.15, 0.2) is 0 Å². The Morgan fingerprint density at radius 3 is 2.50 bits per heavy atom. The second-order valence-corrected chi connectivity index (χ2v) is 12.1. The Labute approximate surface area is 181 Å². The standard InChI is InChI=1S/C19H25N3O5S3/c1-29(24,25)20-11-10-16-8-9-18(28-16)19(23)21-15-6-5-7-17(14-15)30(26,27)22-12-3-2-4-13-22/h5-9,14,20H,2-4,10-13H2,1H3,(H,21,23). The number of nitrogens with zero attached hydrogens (tertiary/aromatic N) is 1. The minimum atomic E-state index is -3.57. The number of carbonyl (C=O) groups is 1. The molecular formula is C19H25N3O5S3. The van der Waals surface area contributed by atoms with E-state index < -0.39 is 20.0 Å². The predicted octanol–water partition coefficient (Wildman–Crippen LogP) is 2.27. The van der Waals surface area contributed by atoms with E-state index in [1.807, 2.05) is 0 Å². The van der Waals surface area contributed by atoms with Crippen molar-refractivity contribution < 1.29 is 21.6 Å². The van der Waals surface area contributed by atoms with Crippen molar-refractivity contribution >= 4 is 43.0 Å². The van der Waals surface area contributed by atoms with E-state index in [4.69, 9.17) is 0 Å². The summed E-state index contributed by atoms with van der Waals surface area (Å²) in [7, 11) is -6.82. The van der Waals surface area contributed by atoms with Gasteiger partial charge in [0.05, 0.1) is 16.0 Å². The van der Waals surface area contributed by atoms with E-state index in [2.05, 4.69) is 10.0 Å². The van der Waals surface area contributed by atoms with Crippen LogP contribution >= 0.6 is 11.3 Å². The fraction of sp³-hybridized carbons (Fsp3) is 0.421. The van der Waals surface area contributed by atoms with Gasteiger partial charge in [0.1, 0.15) is 0 Å². The number of carbonyl (C=O) groups excluding carboxylic acids is 1.